The molecule has 0 atom stereocenters. The van der Waals surface area contributed by atoms with Crippen LogP contribution in [0.4, 0.5) is 0 Å². The van der Waals surface area contributed by atoms with Crippen molar-refractivity contribution in [3.05, 3.63) is 60.2 Å². The summed E-state index contributed by atoms with van der Waals surface area (Å²) in [6.07, 6.45) is 4.78. The van der Waals surface area contributed by atoms with E-state index in [9.17, 15) is 0 Å². The van der Waals surface area contributed by atoms with Crippen molar-refractivity contribution >= 4 is 5.52 Å². The summed E-state index contributed by atoms with van der Waals surface area (Å²) < 4.78 is 2.10. The molecule has 0 saturated carbocycles. The number of fused-ring (bicyclic) bond motifs is 1. The van der Waals surface area contributed by atoms with Gasteiger partial charge < -0.3 is 10.1 Å². The Kier molecular flexibility index (Phi) is 3.05. The topological polar surface area (TPSA) is 43.3 Å². The van der Waals surface area contributed by atoms with Crippen LogP contribution in [0.1, 0.15) is 11.4 Å². The number of hydrogen-bond acceptors (Lipinski definition) is 2. The summed E-state index contributed by atoms with van der Waals surface area (Å²) in [5, 5.41) is 0. The summed E-state index contributed by atoms with van der Waals surface area (Å²) in [7, 11) is 0. The molecule has 2 heterocycles. The number of nitrogens with two attached hydrogens (primary N) is 1. The molecule has 1 aromatic carbocycles. The molecule has 19 heavy (non-hydrogen) atoms. The third kappa shape index (κ3) is 2.25. The number of benzene rings is 1. The van der Waals surface area contributed by atoms with Gasteiger partial charge in [0.05, 0.1) is 11.7 Å². The van der Waals surface area contributed by atoms with Gasteiger partial charge in [0.1, 0.15) is 5.82 Å². The number of hydrogen-bond donors (Lipinski definition) is 1. The van der Waals surface area contributed by atoms with Crippen LogP contribution in [0.3, 0.4) is 0 Å². The maximum atomic E-state index is 5.59. The molecule has 3 nitrogen and oxygen atoms in total. The van der Waals surface area contributed by atoms with Gasteiger partial charge in [-0.05, 0) is 36.7 Å². The molecule has 0 aliphatic carbocycles. The zero-order valence-electron chi connectivity index (χ0n) is 11.0. The summed E-state index contributed by atoms with van der Waals surface area (Å²) in [6, 6.07) is 12.9. The van der Waals surface area contributed by atoms with Gasteiger partial charge in [-0.15, -0.1) is 0 Å². The van der Waals surface area contributed by atoms with Crippen LogP contribution in [0.25, 0.3) is 16.6 Å². The average molecular weight is 251 g/mol. The van der Waals surface area contributed by atoms with Crippen LogP contribution in [0, 0.1) is 6.92 Å². The number of pyridine rings is 1. The second-order valence-electron chi connectivity index (χ2n) is 4.79. The van der Waals surface area contributed by atoms with E-state index in [-0.39, 0.29) is 0 Å². The normalized spacial score (nSPS) is 11.1. The van der Waals surface area contributed by atoms with Gasteiger partial charge in [0, 0.05) is 12.6 Å². The van der Waals surface area contributed by atoms with E-state index in [0.717, 1.165) is 17.8 Å². The Morgan fingerprint density at radius 1 is 1.11 bits per heavy atom. The molecule has 2 aromatic heterocycles. The highest BCUT2D eigenvalue weighted by Crippen LogP contribution is 2.22. The molecule has 0 saturated heterocycles. The van der Waals surface area contributed by atoms with E-state index in [0.29, 0.717) is 6.54 Å². The number of nitrogens with zero attached hydrogens (tertiary/aromatic N) is 2. The highest BCUT2D eigenvalue weighted by Gasteiger charge is 2.04. The Bertz CT molecular complexity index is 696. The van der Waals surface area contributed by atoms with E-state index in [1.807, 2.05) is 6.20 Å². The smallest absolute Gasteiger partial charge is 0.114 e. The molecular formula is C16H17N3. The molecule has 0 amide bonds. The Hall–Kier alpha value is -2.13. The fraction of sp³-hybridized carbons (Fsp3) is 0.188. The number of rotatable bonds is 3. The first-order valence-corrected chi connectivity index (χ1v) is 6.51. The first kappa shape index (κ1) is 11.9. The number of aromatic nitrogens is 2. The lowest BCUT2D eigenvalue weighted by Crippen LogP contribution is -2.06. The summed E-state index contributed by atoms with van der Waals surface area (Å²) >= 11 is 0. The van der Waals surface area contributed by atoms with Crippen LogP contribution in [0.15, 0.2) is 48.8 Å². The minimum atomic E-state index is 0.624. The van der Waals surface area contributed by atoms with Gasteiger partial charge in [0.15, 0.2) is 0 Å². The van der Waals surface area contributed by atoms with Crippen molar-refractivity contribution in [3.8, 4) is 11.1 Å². The molecule has 3 heteroatoms. The van der Waals surface area contributed by atoms with Crippen LogP contribution in [0.5, 0.6) is 0 Å². The molecule has 0 fully saturated rings. The average Bonchev–Trinajstić information content (AvgIpc) is 2.83. The molecule has 3 aromatic rings. The van der Waals surface area contributed by atoms with Crippen LogP contribution in [-0.2, 0) is 6.42 Å². The SMILES string of the molecule is Cc1ccc(-c2ccn3c(CCN)ncc3c2)cc1. The molecule has 0 aliphatic rings. The molecule has 0 spiro atoms. The van der Waals surface area contributed by atoms with E-state index in [1.54, 1.807) is 0 Å². The van der Waals surface area contributed by atoms with Gasteiger partial charge >= 0.3 is 0 Å². The molecule has 2 N–H and O–H groups in total. The van der Waals surface area contributed by atoms with Crippen LogP contribution < -0.4 is 5.73 Å². The Balaban J connectivity index is 2.04. The molecule has 0 bridgehead atoms. The van der Waals surface area contributed by atoms with Crippen molar-refractivity contribution in [2.24, 2.45) is 5.73 Å². The summed E-state index contributed by atoms with van der Waals surface area (Å²) in [6.45, 7) is 2.72. The second kappa shape index (κ2) is 4.86. The number of aryl methyl sites for hydroxylation is 1. The fourth-order valence-electron chi connectivity index (χ4n) is 2.29. The zero-order chi connectivity index (χ0) is 13.2. The lowest BCUT2D eigenvalue weighted by Gasteiger charge is -2.05. The van der Waals surface area contributed by atoms with Crippen molar-refractivity contribution in [1.82, 2.24) is 9.38 Å². The lowest BCUT2D eigenvalue weighted by molar-refractivity contribution is 0.863. The third-order valence-corrected chi connectivity index (χ3v) is 3.36. The van der Waals surface area contributed by atoms with Gasteiger partial charge in [-0.25, -0.2) is 4.98 Å². The quantitative estimate of drug-likeness (QED) is 0.778. The van der Waals surface area contributed by atoms with Gasteiger partial charge in [-0.1, -0.05) is 29.8 Å². The zero-order valence-corrected chi connectivity index (χ0v) is 11.0. The highest BCUT2D eigenvalue weighted by molar-refractivity contribution is 5.68. The number of imidazole rings is 1. The monoisotopic (exact) mass is 251 g/mol. The summed E-state index contributed by atoms with van der Waals surface area (Å²) in [4.78, 5) is 4.42. The van der Waals surface area contributed by atoms with Gasteiger partial charge in [-0.3, -0.25) is 0 Å². The standard InChI is InChI=1S/C16H17N3/c1-12-2-4-13(5-3-12)14-7-9-19-15(10-14)11-18-16(19)6-8-17/h2-5,7,9-11H,6,8,17H2,1H3. The van der Waals surface area contributed by atoms with Gasteiger partial charge in [0.2, 0.25) is 0 Å². The Labute approximate surface area is 112 Å². The van der Waals surface area contributed by atoms with E-state index in [1.165, 1.54) is 16.7 Å². The van der Waals surface area contributed by atoms with Crippen molar-refractivity contribution in [1.29, 1.82) is 0 Å². The fourth-order valence-corrected chi connectivity index (χ4v) is 2.29. The highest BCUT2D eigenvalue weighted by atomic mass is 15.0. The lowest BCUT2D eigenvalue weighted by atomic mass is 10.1. The Morgan fingerprint density at radius 3 is 2.63 bits per heavy atom. The van der Waals surface area contributed by atoms with E-state index in [4.69, 9.17) is 5.73 Å². The van der Waals surface area contributed by atoms with Crippen molar-refractivity contribution in [2.75, 3.05) is 6.54 Å². The van der Waals surface area contributed by atoms with E-state index < -0.39 is 0 Å². The minimum absolute atomic E-state index is 0.624. The summed E-state index contributed by atoms with van der Waals surface area (Å²) in [5.74, 6) is 1.02. The predicted octanol–water partition coefficient (Wildman–Crippen LogP) is 2.81. The summed E-state index contributed by atoms with van der Waals surface area (Å²) in [5.41, 5.74) is 10.4. The van der Waals surface area contributed by atoms with Crippen molar-refractivity contribution < 1.29 is 0 Å². The molecule has 3 rings (SSSR count). The Morgan fingerprint density at radius 2 is 1.89 bits per heavy atom. The van der Waals surface area contributed by atoms with Crippen molar-refractivity contribution in [2.45, 2.75) is 13.3 Å². The van der Waals surface area contributed by atoms with Crippen LogP contribution >= 0.6 is 0 Å². The van der Waals surface area contributed by atoms with Gasteiger partial charge in [0.25, 0.3) is 0 Å². The molecular weight excluding hydrogens is 234 g/mol. The molecule has 0 radical (unpaired) electrons. The van der Waals surface area contributed by atoms with E-state index in [2.05, 4.69) is 58.9 Å². The van der Waals surface area contributed by atoms with Crippen LogP contribution in [0.2, 0.25) is 0 Å². The molecule has 0 unspecified atom stereocenters. The molecule has 0 aliphatic heterocycles. The maximum absolute atomic E-state index is 5.59. The molecule has 96 valence electrons. The largest absolute Gasteiger partial charge is 0.330 e. The second-order valence-corrected chi connectivity index (χ2v) is 4.79. The van der Waals surface area contributed by atoms with E-state index >= 15 is 0 Å². The first-order chi connectivity index (χ1) is 9.28. The van der Waals surface area contributed by atoms with Crippen LogP contribution in [-0.4, -0.2) is 15.9 Å². The van der Waals surface area contributed by atoms with Crippen molar-refractivity contribution in [3.63, 3.8) is 0 Å². The first-order valence-electron chi connectivity index (χ1n) is 6.51. The maximum Gasteiger partial charge on any atom is 0.114 e. The minimum Gasteiger partial charge on any atom is -0.330 e. The predicted molar refractivity (Wildman–Crippen MR) is 78.1 cm³/mol. The van der Waals surface area contributed by atoms with Gasteiger partial charge in [-0.2, -0.15) is 0 Å². The third-order valence-electron chi connectivity index (χ3n) is 3.36.